The summed E-state index contributed by atoms with van der Waals surface area (Å²) in [6.07, 6.45) is -0.208. The van der Waals surface area contributed by atoms with Crippen LogP contribution >= 0.6 is 0 Å². The van der Waals surface area contributed by atoms with E-state index in [-0.39, 0.29) is 11.7 Å². The number of rotatable bonds is 7. The van der Waals surface area contributed by atoms with E-state index in [2.05, 4.69) is 10.6 Å². The van der Waals surface area contributed by atoms with E-state index in [1.54, 1.807) is 38.3 Å². The number of carbonyl (C=O) groups is 2. The van der Waals surface area contributed by atoms with Gasteiger partial charge in [0.25, 0.3) is 5.91 Å². The number of amides is 1. The summed E-state index contributed by atoms with van der Waals surface area (Å²) in [6, 6.07) is 10.5. The van der Waals surface area contributed by atoms with Crippen molar-refractivity contribution in [2.45, 2.75) is 19.4 Å². The summed E-state index contributed by atoms with van der Waals surface area (Å²) in [6.45, 7) is 2.16. The number of nitrogens with one attached hydrogen (secondary N) is 2. The van der Waals surface area contributed by atoms with Crippen molar-refractivity contribution in [3.05, 3.63) is 42.0 Å². The van der Waals surface area contributed by atoms with Crippen molar-refractivity contribution in [3.63, 3.8) is 0 Å². The fourth-order valence-corrected chi connectivity index (χ4v) is 2.79. The number of ketones is 1. The quantitative estimate of drug-likeness (QED) is 0.729. The van der Waals surface area contributed by atoms with E-state index in [4.69, 9.17) is 14.2 Å². The van der Waals surface area contributed by atoms with Crippen LogP contribution in [-0.4, -0.2) is 38.6 Å². The van der Waals surface area contributed by atoms with E-state index in [0.29, 0.717) is 41.5 Å². The summed E-state index contributed by atoms with van der Waals surface area (Å²) in [7, 11) is 3.09. The van der Waals surface area contributed by atoms with Crippen LogP contribution in [-0.2, 0) is 4.79 Å². The zero-order valence-corrected chi connectivity index (χ0v) is 15.5. The molecule has 1 amide bonds. The average Bonchev–Trinajstić information content (AvgIpc) is 2.68. The molecule has 7 heteroatoms. The Labute approximate surface area is 157 Å². The SMILES string of the molecule is COc1ccc(C(=O)CCNc2ccc3c(c2)O[C@@H](C)C(=O)N3)cc1OC. The zero-order chi connectivity index (χ0) is 19.4. The molecule has 0 unspecified atom stereocenters. The van der Waals surface area contributed by atoms with Crippen LogP contribution in [0.1, 0.15) is 23.7 Å². The summed E-state index contributed by atoms with van der Waals surface area (Å²) in [5, 5.41) is 5.99. The standard InChI is InChI=1S/C20H22N2O5/c1-12-20(24)22-15-6-5-14(11-18(15)27-12)21-9-8-16(23)13-4-7-17(25-2)19(10-13)26-3/h4-7,10-12,21H,8-9H2,1-3H3,(H,22,24)/t12-/m0/s1. The zero-order valence-electron chi connectivity index (χ0n) is 15.5. The summed E-state index contributed by atoms with van der Waals surface area (Å²) < 4.78 is 16.0. The normalized spacial score (nSPS) is 15.2. The molecule has 0 saturated carbocycles. The maximum absolute atomic E-state index is 12.4. The van der Waals surface area contributed by atoms with E-state index in [9.17, 15) is 9.59 Å². The van der Waals surface area contributed by atoms with Gasteiger partial charge in [0.2, 0.25) is 0 Å². The van der Waals surface area contributed by atoms with Crippen LogP contribution in [0.25, 0.3) is 0 Å². The lowest BCUT2D eigenvalue weighted by molar-refractivity contribution is -0.122. The Hall–Kier alpha value is -3.22. The maximum Gasteiger partial charge on any atom is 0.265 e. The Morgan fingerprint density at radius 1 is 1.15 bits per heavy atom. The second-order valence-corrected chi connectivity index (χ2v) is 6.13. The molecule has 2 N–H and O–H groups in total. The molecule has 2 aromatic rings. The molecule has 0 bridgehead atoms. The summed E-state index contributed by atoms with van der Waals surface area (Å²) >= 11 is 0. The molecule has 1 aliphatic heterocycles. The van der Waals surface area contributed by atoms with Gasteiger partial charge in [-0.3, -0.25) is 9.59 Å². The number of Topliss-reactive ketones (excluding diaryl/α,β-unsaturated/α-hetero) is 1. The predicted molar refractivity (Wildman–Crippen MR) is 102 cm³/mol. The van der Waals surface area contributed by atoms with Crippen molar-refractivity contribution in [2.24, 2.45) is 0 Å². The average molecular weight is 370 g/mol. The number of fused-ring (bicyclic) bond motifs is 1. The minimum absolute atomic E-state index is 0.00134. The molecule has 142 valence electrons. The van der Waals surface area contributed by atoms with Crippen molar-refractivity contribution in [1.29, 1.82) is 0 Å². The van der Waals surface area contributed by atoms with E-state index in [1.165, 1.54) is 7.11 Å². The largest absolute Gasteiger partial charge is 0.493 e. The lowest BCUT2D eigenvalue weighted by Gasteiger charge is -2.23. The molecule has 0 spiro atoms. The third-order valence-electron chi connectivity index (χ3n) is 4.30. The number of methoxy groups -OCH3 is 2. The van der Waals surface area contributed by atoms with Crippen LogP contribution in [0, 0.1) is 0 Å². The van der Waals surface area contributed by atoms with Crippen molar-refractivity contribution in [1.82, 2.24) is 0 Å². The van der Waals surface area contributed by atoms with Crippen LogP contribution < -0.4 is 24.8 Å². The first kappa shape index (κ1) is 18.6. The first-order valence-electron chi connectivity index (χ1n) is 8.62. The number of anilines is 2. The number of benzene rings is 2. The second kappa shape index (κ2) is 7.99. The molecule has 7 nitrogen and oxygen atoms in total. The Kier molecular flexibility index (Phi) is 5.49. The first-order chi connectivity index (χ1) is 13.0. The van der Waals surface area contributed by atoms with Gasteiger partial charge in [-0.15, -0.1) is 0 Å². The third kappa shape index (κ3) is 4.13. The fourth-order valence-electron chi connectivity index (χ4n) is 2.79. The molecular weight excluding hydrogens is 348 g/mol. The highest BCUT2D eigenvalue weighted by atomic mass is 16.5. The molecule has 2 aromatic carbocycles. The van der Waals surface area contributed by atoms with Crippen molar-refractivity contribution < 1.29 is 23.8 Å². The van der Waals surface area contributed by atoms with Gasteiger partial charge in [0.15, 0.2) is 23.4 Å². The molecule has 1 aliphatic rings. The summed E-state index contributed by atoms with van der Waals surface area (Å²) in [4.78, 5) is 24.0. The molecule has 1 heterocycles. The fraction of sp³-hybridized carbons (Fsp3) is 0.300. The van der Waals surface area contributed by atoms with Crippen molar-refractivity contribution >= 4 is 23.1 Å². The molecule has 3 rings (SSSR count). The smallest absolute Gasteiger partial charge is 0.265 e. The Morgan fingerprint density at radius 3 is 2.67 bits per heavy atom. The van der Waals surface area contributed by atoms with Crippen LogP contribution in [0.3, 0.4) is 0 Å². The number of carbonyl (C=O) groups excluding carboxylic acids is 2. The molecule has 0 aliphatic carbocycles. The lowest BCUT2D eigenvalue weighted by Crippen LogP contribution is -2.34. The van der Waals surface area contributed by atoms with Gasteiger partial charge in [-0.05, 0) is 37.3 Å². The Bertz CT molecular complexity index is 865. The van der Waals surface area contributed by atoms with Crippen molar-refractivity contribution in [2.75, 3.05) is 31.4 Å². The lowest BCUT2D eigenvalue weighted by atomic mass is 10.1. The number of hydrogen-bond donors (Lipinski definition) is 2. The van der Waals surface area contributed by atoms with E-state index in [1.807, 2.05) is 12.1 Å². The van der Waals surface area contributed by atoms with Crippen LogP contribution in [0.15, 0.2) is 36.4 Å². The van der Waals surface area contributed by atoms with Gasteiger partial charge in [0, 0.05) is 30.3 Å². The number of ether oxygens (including phenoxy) is 3. The van der Waals surface area contributed by atoms with Gasteiger partial charge in [-0.25, -0.2) is 0 Å². The summed E-state index contributed by atoms with van der Waals surface area (Å²) in [5.41, 5.74) is 2.03. The van der Waals surface area contributed by atoms with Crippen LogP contribution in [0.4, 0.5) is 11.4 Å². The van der Waals surface area contributed by atoms with E-state index in [0.717, 1.165) is 5.69 Å². The molecule has 0 saturated heterocycles. The highest BCUT2D eigenvalue weighted by Gasteiger charge is 2.23. The minimum Gasteiger partial charge on any atom is -0.493 e. The predicted octanol–water partition coefficient (Wildman–Crippen LogP) is 3.11. The summed E-state index contributed by atoms with van der Waals surface area (Å²) in [5.74, 6) is 1.56. The van der Waals surface area contributed by atoms with Crippen molar-refractivity contribution in [3.8, 4) is 17.2 Å². The van der Waals surface area contributed by atoms with E-state index >= 15 is 0 Å². The topological polar surface area (TPSA) is 85.9 Å². The third-order valence-corrected chi connectivity index (χ3v) is 4.30. The van der Waals surface area contributed by atoms with Gasteiger partial charge in [0.1, 0.15) is 5.75 Å². The molecule has 0 fully saturated rings. The molecular formula is C20H22N2O5. The van der Waals surface area contributed by atoms with Gasteiger partial charge in [-0.2, -0.15) is 0 Å². The van der Waals surface area contributed by atoms with Gasteiger partial charge in [0.05, 0.1) is 19.9 Å². The molecule has 1 atom stereocenters. The van der Waals surface area contributed by atoms with Gasteiger partial charge < -0.3 is 24.8 Å². The highest BCUT2D eigenvalue weighted by molar-refractivity contribution is 5.98. The monoisotopic (exact) mass is 370 g/mol. The Morgan fingerprint density at radius 2 is 1.93 bits per heavy atom. The maximum atomic E-state index is 12.4. The van der Waals surface area contributed by atoms with Crippen LogP contribution in [0.2, 0.25) is 0 Å². The Balaban J connectivity index is 1.59. The number of hydrogen-bond acceptors (Lipinski definition) is 6. The van der Waals surface area contributed by atoms with E-state index < -0.39 is 6.10 Å². The van der Waals surface area contributed by atoms with Gasteiger partial charge in [-0.1, -0.05) is 0 Å². The molecule has 27 heavy (non-hydrogen) atoms. The second-order valence-electron chi connectivity index (χ2n) is 6.13. The van der Waals surface area contributed by atoms with Gasteiger partial charge >= 0.3 is 0 Å². The molecule has 0 radical (unpaired) electrons. The van der Waals surface area contributed by atoms with Crippen LogP contribution in [0.5, 0.6) is 17.2 Å². The molecule has 0 aromatic heterocycles. The highest BCUT2D eigenvalue weighted by Crippen LogP contribution is 2.32. The first-order valence-corrected chi connectivity index (χ1v) is 8.62. The minimum atomic E-state index is -0.528.